The van der Waals surface area contributed by atoms with Crippen LogP contribution in [0.25, 0.3) is 0 Å². The molecular weight excluding hydrogens is 237 g/mol. The van der Waals surface area contributed by atoms with Crippen LogP contribution >= 0.6 is 46.6 Å². The lowest BCUT2D eigenvalue weighted by Crippen LogP contribution is -2.44. The Labute approximate surface area is 92.7 Å². The summed E-state index contributed by atoms with van der Waals surface area (Å²) < 4.78 is -1.13. The Balaban J connectivity index is 2.39. The van der Waals surface area contributed by atoms with E-state index in [4.69, 9.17) is 34.8 Å². The van der Waals surface area contributed by atoms with Crippen molar-refractivity contribution in [2.75, 3.05) is 24.6 Å². The molecule has 0 aromatic rings. The lowest BCUT2D eigenvalue weighted by molar-refractivity contribution is 0.237. The van der Waals surface area contributed by atoms with Gasteiger partial charge in [0, 0.05) is 30.6 Å². The molecule has 0 aromatic carbocycles. The van der Waals surface area contributed by atoms with Gasteiger partial charge in [0.1, 0.15) is 0 Å². The molecule has 0 aromatic heterocycles. The lowest BCUT2D eigenvalue weighted by atomic mass is 10.3. The molecule has 0 radical (unpaired) electrons. The molecule has 0 aliphatic carbocycles. The topological polar surface area (TPSA) is 3.24 Å². The highest BCUT2D eigenvalue weighted by molar-refractivity contribution is 7.99. The average molecular weight is 249 g/mol. The van der Waals surface area contributed by atoms with Crippen molar-refractivity contribution >= 4 is 46.6 Å². The zero-order valence-electron chi connectivity index (χ0n) is 6.90. The van der Waals surface area contributed by atoms with Gasteiger partial charge in [0.15, 0.2) is 0 Å². The number of thioether (sulfide) groups is 1. The van der Waals surface area contributed by atoms with Crippen molar-refractivity contribution in [3.63, 3.8) is 0 Å². The molecule has 12 heavy (non-hydrogen) atoms. The van der Waals surface area contributed by atoms with Crippen LogP contribution in [0.3, 0.4) is 0 Å². The van der Waals surface area contributed by atoms with Crippen LogP contribution in [0, 0.1) is 0 Å². The molecule has 0 spiro atoms. The minimum atomic E-state index is -1.13. The SMILES string of the molecule is CC1CSCCN1CC(Cl)(Cl)Cl. The van der Waals surface area contributed by atoms with E-state index in [0.717, 1.165) is 18.1 Å². The summed E-state index contributed by atoms with van der Waals surface area (Å²) in [7, 11) is 0. The molecule has 0 bridgehead atoms. The third-order valence-electron chi connectivity index (χ3n) is 1.89. The predicted octanol–water partition coefficient (Wildman–Crippen LogP) is 2.79. The van der Waals surface area contributed by atoms with E-state index in [1.54, 1.807) is 0 Å². The summed E-state index contributed by atoms with van der Waals surface area (Å²) in [5, 5.41) is 0. The van der Waals surface area contributed by atoms with Crippen LogP contribution in [0.15, 0.2) is 0 Å². The number of halogens is 3. The van der Waals surface area contributed by atoms with Gasteiger partial charge in [-0.05, 0) is 6.92 Å². The van der Waals surface area contributed by atoms with Crippen molar-refractivity contribution < 1.29 is 0 Å². The Morgan fingerprint density at radius 3 is 2.67 bits per heavy atom. The molecule has 1 nitrogen and oxygen atoms in total. The number of alkyl halides is 3. The van der Waals surface area contributed by atoms with Gasteiger partial charge < -0.3 is 0 Å². The lowest BCUT2D eigenvalue weighted by Gasteiger charge is -2.34. The van der Waals surface area contributed by atoms with Crippen molar-refractivity contribution in [3.8, 4) is 0 Å². The summed E-state index contributed by atoms with van der Waals surface area (Å²) in [4.78, 5) is 2.23. The Morgan fingerprint density at radius 1 is 1.50 bits per heavy atom. The van der Waals surface area contributed by atoms with Gasteiger partial charge >= 0.3 is 0 Å². The second-order valence-electron chi connectivity index (χ2n) is 3.01. The van der Waals surface area contributed by atoms with E-state index in [2.05, 4.69) is 11.8 Å². The molecule has 72 valence electrons. The monoisotopic (exact) mass is 247 g/mol. The number of rotatable bonds is 1. The molecule has 1 rings (SSSR count). The van der Waals surface area contributed by atoms with E-state index in [-0.39, 0.29) is 0 Å². The maximum Gasteiger partial charge on any atom is 0.203 e. The average Bonchev–Trinajstić information content (AvgIpc) is 1.91. The Bertz CT molecular complexity index is 148. The smallest absolute Gasteiger partial charge is 0.203 e. The quantitative estimate of drug-likeness (QED) is 0.657. The second-order valence-corrected chi connectivity index (χ2v) is 6.68. The first kappa shape index (κ1) is 11.3. The molecule has 0 N–H and O–H groups in total. The van der Waals surface area contributed by atoms with Gasteiger partial charge in [-0.25, -0.2) is 0 Å². The largest absolute Gasteiger partial charge is 0.295 e. The van der Waals surface area contributed by atoms with Gasteiger partial charge in [-0.3, -0.25) is 4.90 Å². The summed E-state index contributed by atoms with van der Waals surface area (Å²) in [6.45, 7) is 3.74. The Morgan fingerprint density at radius 2 is 2.17 bits per heavy atom. The summed E-state index contributed by atoms with van der Waals surface area (Å²) in [5.41, 5.74) is 0. The Kier molecular flexibility index (Phi) is 4.32. The van der Waals surface area contributed by atoms with Crippen LogP contribution in [-0.4, -0.2) is 39.3 Å². The van der Waals surface area contributed by atoms with E-state index in [1.165, 1.54) is 0 Å². The van der Waals surface area contributed by atoms with Crippen LogP contribution in [0.1, 0.15) is 6.92 Å². The molecule has 1 aliphatic heterocycles. The molecule has 0 saturated carbocycles. The van der Waals surface area contributed by atoms with E-state index in [9.17, 15) is 0 Å². The van der Waals surface area contributed by atoms with Crippen LogP contribution in [-0.2, 0) is 0 Å². The molecule has 1 aliphatic rings. The molecule has 1 unspecified atom stereocenters. The van der Waals surface area contributed by atoms with Gasteiger partial charge in [0.05, 0.1) is 0 Å². The van der Waals surface area contributed by atoms with Crippen LogP contribution in [0.2, 0.25) is 0 Å². The van der Waals surface area contributed by atoms with Crippen LogP contribution < -0.4 is 0 Å². The first-order valence-electron chi connectivity index (χ1n) is 3.87. The third kappa shape index (κ3) is 3.93. The fourth-order valence-corrected chi connectivity index (χ4v) is 2.77. The van der Waals surface area contributed by atoms with Crippen LogP contribution in [0.4, 0.5) is 0 Å². The second kappa shape index (κ2) is 4.61. The van der Waals surface area contributed by atoms with Gasteiger partial charge in [0.25, 0.3) is 0 Å². The standard InChI is InChI=1S/C7H12Cl3NS/c1-6-4-12-3-2-11(6)5-7(8,9)10/h6H,2-5H2,1H3. The van der Waals surface area contributed by atoms with Crippen molar-refractivity contribution in [3.05, 3.63) is 0 Å². The highest BCUT2D eigenvalue weighted by Gasteiger charge is 2.28. The fourth-order valence-electron chi connectivity index (χ4n) is 1.23. The van der Waals surface area contributed by atoms with E-state index in [0.29, 0.717) is 12.6 Å². The third-order valence-corrected chi connectivity index (χ3v) is 3.44. The van der Waals surface area contributed by atoms with Gasteiger partial charge in [-0.1, -0.05) is 34.8 Å². The molecule has 1 saturated heterocycles. The summed E-state index contributed by atoms with van der Waals surface area (Å²) in [6, 6.07) is 0.527. The van der Waals surface area contributed by atoms with Crippen molar-refractivity contribution in [2.45, 2.75) is 16.8 Å². The summed E-state index contributed by atoms with van der Waals surface area (Å²) in [5.74, 6) is 2.28. The van der Waals surface area contributed by atoms with Crippen LogP contribution in [0.5, 0.6) is 0 Å². The zero-order chi connectivity index (χ0) is 9.19. The minimum absolute atomic E-state index is 0.527. The van der Waals surface area contributed by atoms with E-state index >= 15 is 0 Å². The van der Waals surface area contributed by atoms with Gasteiger partial charge in [-0.2, -0.15) is 11.8 Å². The zero-order valence-corrected chi connectivity index (χ0v) is 9.98. The first-order valence-corrected chi connectivity index (χ1v) is 6.16. The maximum absolute atomic E-state index is 5.71. The van der Waals surface area contributed by atoms with Gasteiger partial charge in [0.2, 0.25) is 3.79 Å². The summed E-state index contributed by atoms with van der Waals surface area (Å²) in [6.07, 6.45) is 0. The molecule has 0 amide bonds. The molecular formula is C7H12Cl3NS. The van der Waals surface area contributed by atoms with E-state index < -0.39 is 3.79 Å². The minimum Gasteiger partial charge on any atom is -0.295 e. The maximum atomic E-state index is 5.71. The molecule has 1 fully saturated rings. The van der Waals surface area contributed by atoms with Crippen molar-refractivity contribution in [2.24, 2.45) is 0 Å². The van der Waals surface area contributed by atoms with E-state index in [1.807, 2.05) is 11.8 Å². The highest BCUT2D eigenvalue weighted by Crippen LogP contribution is 2.29. The normalized spacial score (nSPS) is 27.5. The predicted molar refractivity (Wildman–Crippen MR) is 58.7 cm³/mol. The Hall–Kier alpha value is 1.18. The molecule has 1 heterocycles. The molecule has 5 heteroatoms. The molecule has 1 atom stereocenters. The van der Waals surface area contributed by atoms with Gasteiger partial charge in [-0.15, -0.1) is 0 Å². The number of nitrogens with zero attached hydrogens (tertiary/aromatic N) is 1. The fraction of sp³-hybridized carbons (Fsp3) is 1.00. The van der Waals surface area contributed by atoms with Crippen molar-refractivity contribution in [1.29, 1.82) is 0 Å². The summed E-state index contributed by atoms with van der Waals surface area (Å²) >= 11 is 19.1. The highest BCUT2D eigenvalue weighted by atomic mass is 35.6. The number of hydrogen-bond donors (Lipinski definition) is 0. The van der Waals surface area contributed by atoms with Crippen molar-refractivity contribution in [1.82, 2.24) is 4.90 Å². The first-order chi connectivity index (χ1) is 5.49. The number of hydrogen-bond acceptors (Lipinski definition) is 2.